The number of pyridine rings is 1. The predicted octanol–water partition coefficient (Wildman–Crippen LogP) is 2.98. The van der Waals surface area contributed by atoms with E-state index in [-0.39, 0.29) is 0 Å². The Morgan fingerprint density at radius 2 is 2.25 bits per heavy atom. The minimum absolute atomic E-state index is 0.439. The molecule has 2 aromatic rings. The van der Waals surface area contributed by atoms with Gasteiger partial charge in [0, 0.05) is 18.3 Å². The van der Waals surface area contributed by atoms with Crippen LogP contribution in [0.5, 0.6) is 0 Å². The number of hydrogen-bond donors (Lipinski definition) is 1. The van der Waals surface area contributed by atoms with Crippen molar-refractivity contribution in [3.05, 3.63) is 52.0 Å². The summed E-state index contributed by atoms with van der Waals surface area (Å²) in [5.41, 5.74) is 3.15. The highest BCUT2D eigenvalue weighted by molar-refractivity contribution is 7.07. The Bertz CT molecular complexity index is 422. The molecule has 2 nitrogen and oxygen atoms in total. The average Bonchev–Trinajstić information content (AvgIpc) is 2.83. The van der Waals surface area contributed by atoms with Gasteiger partial charge in [-0.15, -0.1) is 0 Å². The molecule has 1 atom stereocenters. The van der Waals surface area contributed by atoms with Crippen LogP contribution in [0.2, 0.25) is 0 Å². The standard InChI is InChI=1S/C13H15NOS/c1-2-10-3-4-12(14-8-10)7-13(15)11-5-6-16-9-11/h3-6,8-9,13,15H,2,7H2,1H3. The SMILES string of the molecule is CCc1ccc(CC(O)c2ccsc2)nc1. The van der Waals surface area contributed by atoms with Gasteiger partial charge in [0.25, 0.3) is 0 Å². The van der Waals surface area contributed by atoms with Gasteiger partial charge in [0.05, 0.1) is 6.10 Å². The first-order valence-electron chi connectivity index (χ1n) is 5.43. The third-order valence-corrected chi connectivity index (χ3v) is 3.33. The summed E-state index contributed by atoms with van der Waals surface area (Å²) in [5, 5.41) is 13.9. The van der Waals surface area contributed by atoms with Gasteiger partial charge in [-0.2, -0.15) is 11.3 Å². The second-order valence-electron chi connectivity index (χ2n) is 3.79. The van der Waals surface area contributed by atoms with E-state index in [0.717, 1.165) is 17.7 Å². The molecule has 0 saturated carbocycles. The smallest absolute Gasteiger partial charge is 0.0853 e. The minimum atomic E-state index is -0.439. The molecule has 3 heteroatoms. The van der Waals surface area contributed by atoms with E-state index in [1.54, 1.807) is 11.3 Å². The average molecular weight is 233 g/mol. The number of thiophene rings is 1. The summed E-state index contributed by atoms with van der Waals surface area (Å²) in [7, 11) is 0. The Morgan fingerprint density at radius 1 is 1.38 bits per heavy atom. The molecule has 2 heterocycles. The van der Waals surface area contributed by atoms with Crippen molar-refractivity contribution < 1.29 is 5.11 Å². The van der Waals surface area contributed by atoms with Crippen LogP contribution in [-0.4, -0.2) is 10.1 Å². The molecule has 0 fully saturated rings. The number of rotatable bonds is 4. The summed E-state index contributed by atoms with van der Waals surface area (Å²) in [5.74, 6) is 0. The van der Waals surface area contributed by atoms with Gasteiger partial charge in [0.1, 0.15) is 0 Å². The molecule has 0 radical (unpaired) electrons. The molecule has 0 amide bonds. The van der Waals surface area contributed by atoms with Crippen molar-refractivity contribution in [2.75, 3.05) is 0 Å². The van der Waals surface area contributed by atoms with Gasteiger partial charge in [-0.05, 0) is 40.4 Å². The van der Waals surface area contributed by atoms with Crippen LogP contribution in [0, 0.1) is 0 Å². The summed E-state index contributed by atoms with van der Waals surface area (Å²) in [6.07, 6.45) is 3.03. The van der Waals surface area contributed by atoms with Gasteiger partial charge in [-0.3, -0.25) is 4.98 Å². The van der Waals surface area contributed by atoms with E-state index in [1.807, 2.05) is 29.1 Å². The zero-order valence-electron chi connectivity index (χ0n) is 9.26. The lowest BCUT2D eigenvalue weighted by Gasteiger charge is -2.08. The Balaban J connectivity index is 2.03. The van der Waals surface area contributed by atoms with Crippen LogP contribution in [0.3, 0.4) is 0 Å². The largest absolute Gasteiger partial charge is 0.388 e. The molecule has 1 N–H and O–H groups in total. The number of aryl methyl sites for hydroxylation is 1. The molecule has 84 valence electrons. The Hall–Kier alpha value is -1.19. The molecular formula is C13H15NOS. The number of aromatic nitrogens is 1. The monoisotopic (exact) mass is 233 g/mol. The van der Waals surface area contributed by atoms with Gasteiger partial charge in [0.15, 0.2) is 0 Å². The fraction of sp³-hybridized carbons (Fsp3) is 0.308. The van der Waals surface area contributed by atoms with E-state index < -0.39 is 6.10 Å². The molecular weight excluding hydrogens is 218 g/mol. The first kappa shape index (κ1) is 11.3. The van der Waals surface area contributed by atoms with Crippen LogP contribution in [0.25, 0.3) is 0 Å². The minimum Gasteiger partial charge on any atom is -0.388 e. The van der Waals surface area contributed by atoms with E-state index in [0.29, 0.717) is 6.42 Å². The van der Waals surface area contributed by atoms with E-state index >= 15 is 0 Å². The van der Waals surface area contributed by atoms with Gasteiger partial charge in [-0.1, -0.05) is 13.0 Å². The molecule has 0 aliphatic rings. The van der Waals surface area contributed by atoms with E-state index in [2.05, 4.69) is 18.0 Å². The summed E-state index contributed by atoms with van der Waals surface area (Å²) in [6, 6.07) is 6.02. The molecule has 0 aliphatic heterocycles. The molecule has 0 saturated heterocycles. The normalized spacial score (nSPS) is 12.6. The van der Waals surface area contributed by atoms with E-state index in [4.69, 9.17) is 0 Å². The highest BCUT2D eigenvalue weighted by Crippen LogP contribution is 2.19. The van der Waals surface area contributed by atoms with Crippen molar-refractivity contribution >= 4 is 11.3 Å². The van der Waals surface area contributed by atoms with E-state index in [9.17, 15) is 5.11 Å². The zero-order valence-corrected chi connectivity index (χ0v) is 10.1. The molecule has 16 heavy (non-hydrogen) atoms. The van der Waals surface area contributed by atoms with Crippen LogP contribution in [0.15, 0.2) is 35.2 Å². The topological polar surface area (TPSA) is 33.1 Å². The maximum absolute atomic E-state index is 9.96. The van der Waals surface area contributed by atoms with Gasteiger partial charge in [-0.25, -0.2) is 0 Å². The second-order valence-corrected chi connectivity index (χ2v) is 4.57. The molecule has 2 rings (SSSR count). The van der Waals surface area contributed by atoms with Gasteiger partial charge in [0.2, 0.25) is 0 Å². The molecule has 0 spiro atoms. The third kappa shape index (κ3) is 2.68. The Labute approximate surface area is 99.6 Å². The first-order valence-corrected chi connectivity index (χ1v) is 6.38. The molecule has 0 bridgehead atoms. The number of aliphatic hydroxyl groups is 1. The quantitative estimate of drug-likeness (QED) is 0.880. The fourth-order valence-corrected chi connectivity index (χ4v) is 2.27. The number of nitrogens with zero attached hydrogens (tertiary/aromatic N) is 1. The Morgan fingerprint density at radius 3 is 2.81 bits per heavy atom. The lowest BCUT2D eigenvalue weighted by atomic mass is 10.1. The van der Waals surface area contributed by atoms with Crippen LogP contribution >= 0.6 is 11.3 Å². The van der Waals surface area contributed by atoms with Crippen molar-refractivity contribution in [3.63, 3.8) is 0 Å². The van der Waals surface area contributed by atoms with E-state index in [1.165, 1.54) is 5.56 Å². The van der Waals surface area contributed by atoms with Gasteiger partial charge < -0.3 is 5.11 Å². The highest BCUT2D eigenvalue weighted by atomic mass is 32.1. The van der Waals surface area contributed by atoms with Crippen molar-refractivity contribution in [1.29, 1.82) is 0 Å². The first-order chi connectivity index (χ1) is 7.79. The van der Waals surface area contributed by atoms with Crippen molar-refractivity contribution in [1.82, 2.24) is 4.98 Å². The number of hydrogen-bond acceptors (Lipinski definition) is 3. The van der Waals surface area contributed by atoms with Crippen LogP contribution < -0.4 is 0 Å². The van der Waals surface area contributed by atoms with Crippen molar-refractivity contribution in [2.24, 2.45) is 0 Å². The van der Waals surface area contributed by atoms with Crippen LogP contribution in [0.4, 0.5) is 0 Å². The fourth-order valence-electron chi connectivity index (χ4n) is 1.57. The summed E-state index contributed by atoms with van der Waals surface area (Å²) in [4.78, 5) is 4.34. The highest BCUT2D eigenvalue weighted by Gasteiger charge is 2.09. The lowest BCUT2D eigenvalue weighted by Crippen LogP contribution is -2.02. The zero-order chi connectivity index (χ0) is 11.4. The predicted molar refractivity (Wildman–Crippen MR) is 66.6 cm³/mol. The molecule has 0 aromatic carbocycles. The summed E-state index contributed by atoms with van der Waals surface area (Å²) >= 11 is 1.60. The molecule has 2 aromatic heterocycles. The molecule has 0 aliphatic carbocycles. The summed E-state index contributed by atoms with van der Waals surface area (Å²) in [6.45, 7) is 2.11. The van der Waals surface area contributed by atoms with Crippen LogP contribution in [0.1, 0.15) is 29.8 Å². The van der Waals surface area contributed by atoms with Crippen molar-refractivity contribution in [2.45, 2.75) is 25.9 Å². The Kier molecular flexibility index (Phi) is 3.70. The second kappa shape index (κ2) is 5.23. The number of aliphatic hydroxyl groups excluding tert-OH is 1. The molecule has 1 unspecified atom stereocenters. The van der Waals surface area contributed by atoms with Gasteiger partial charge >= 0.3 is 0 Å². The van der Waals surface area contributed by atoms with Crippen molar-refractivity contribution in [3.8, 4) is 0 Å². The lowest BCUT2D eigenvalue weighted by molar-refractivity contribution is 0.177. The third-order valence-electron chi connectivity index (χ3n) is 2.62. The summed E-state index contributed by atoms with van der Waals surface area (Å²) < 4.78 is 0. The maximum Gasteiger partial charge on any atom is 0.0853 e. The maximum atomic E-state index is 9.96. The van der Waals surface area contributed by atoms with Crippen LogP contribution in [-0.2, 0) is 12.8 Å².